The van der Waals surface area contributed by atoms with Crippen LogP contribution in [0.3, 0.4) is 0 Å². The van der Waals surface area contributed by atoms with Gasteiger partial charge in [-0.1, -0.05) is 12.1 Å². The van der Waals surface area contributed by atoms with Crippen LogP contribution in [-0.4, -0.2) is 49.3 Å². The fourth-order valence-corrected chi connectivity index (χ4v) is 1.69. The minimum atomic E-state index is -1.02. The predicted molar refractivity (Wildman–Crippen MR) is 85.3 cm³/mol. The summed E-state index contributed by atoms with van der Waals surface area (Å²) in [5, 5.41) is 25.9. The Labute approximate surface area is 137 Å². The molecule has 0 amide bonds. The van der Waals surface area contributed by atoms with Crippen molar-refractivity contribution in [3.05, 3.63) is 48.0 Å². The van der Waals surface area contributed by atoms with E-state index in [4.69, 9.17) is 26.8 Å². The summed E-state index contributed by atoms with van der Waals surface area (Å²) in [5.74, 6) is -1.87. The average molecular weight is 336 g/mol. The lowest BCUT2D eigenvalue weighted by Gasteiger charge is -2.05. The highest BCUT2D eigenvalue weighted by Crippen LogP contribution is 2.10. The van der Waals surface area contributed by atoms with E-state index in [1.807, 2.05) is 0 Å². The van der Waals surface area contributed by atoms with Gasteiger partial charge >= 0.3 is 11.9 Å². The SMILES string of the molecule is NC(Cc1c[nH]cn1)C(=O)O.NC(Cc1ccc(O)cc1)C(=O)O. The smallest absolute Gasteiger partial charge is 0.320 e. The van der Waals surface area contributed by atoms with Crippen LogP contribution in [0.25, 0.3) is 0 Å². The Morgan fingerprint density at radius 3 is 2.04 bits per heavy atom. The van der Waals surface area contributed by atoms with Gasteiger partial charge in [0.1, 0.15) is 17.8 Å². The van der Waals surface area contributed by atoms with Crippen LogP contribution in [0.4, 0.5) is 0 Å². The van der Waals surface area contributed by atoms with E-state index < -0.39 is 24.0 Å². The normalized spacial score (nSPS) is 12.6. The number of rotatable bonds is 6. The molecule has 0 saturated carbocycles. The summed E-state index contributed by atoms with van der Waals surface area (Å²) >= 11 is 0. The highest BCUT2D eigenvalue weighted by atomic mass is 16.4. The molecule has 0 fully saturated rings. The van der Waals surface area contributed by atoms with Crippen LogP contribution >= 0.6 is 0 Å². The van der Waals surface area contributed by atoms with Crippen LogP contribution in [0.2, 0.25) is 0 Å². The first kappa shape index (κ1) is 19.1. The standard InChI is InChI=1S/C9H11NO3.C6H9N3O2/c10-8(9(12)13)5-6-1-3-7(11)4-2-6;7-5(6(10)11)1-4-2-8-3-9-4/h1-4,8,11H,5,10H2,(H,12,13);2-3,5H,1,7H2,(H,8,9)(H,10,11). The molecule has 0 radical (unpaired) electrons. The summed E-state index contributed by atoms with van der Waals surface area (Å²) < 4.78 is 0. The van der Waals surface area contributed by atoms with E-state index in [0.717, 1.165) is 5.56 Å². The first-order chi connectivity index (χ1) is 11.3. The van der Waals surface area contributed by atoms with E-state index in [0.29, 0.717) is 5.69 Å². The Kier molecular flexibility index (Phi) is 7.40. The Hall–Kier alpha value is -2.91. The molecule has 2 unspecified atom stereocenters. The summed E-state index contributed by atoms with van der Waals surface area (Å²) in [6, 6.07) is 4.56. The number of carboxylic acid groups (broad SMARTS) is 2. The maximum atomic E-state index is 10.4. The number of benzene rings is 1. The van der Waals surface area contributed by atoms with Crippen LogP contribution in [0, 0.1) is 0 Å². The molecule has 0 aliphatic rings. The third-order valence-electron chi connectivity index (χ3n) is 3.01. The number of aliphatic carboxylic acids is 2. The molecule has 24 heavy (non-hydrogen) atoms. The third kappa shape index (κ3) is 6.90. The number of H-pyrrole nitrogens is 1. The number of imidazole rings is 1. The number of aromatic nitrogens is 2. The second kappa shape index (κ2) is 9.28. The molecule has 2 rings (SSSR count). The van der Waals surface area contributed by atoms with Crippen LogP contribution in [-0.2, 0) is 22.4 Å². The molecule has 1 aromatic heterocycles. The monoisotopic (exact) mass is 336 g/mol. The number of nitrogens with zero attached hydrogens (tertiary/aromatic N) is 1. The van der Waals surface area contributed by atoms with Gasteiger partial charge in [-0.05, 0) is 24.1 Å². The molecule has 0 aliphatic heterocycles. The fraction of sp³-hybridized carbons (Fsp3) is 0.267. The topological polar surface area (TPSA) is 176 Å². The Morgan fingerprint density at radius 1 is 1.04 bits per heavy atom. The van der Waals surface area contributed by atoms with E-state index in [2.05, 4.69) is 9.97 Å². The van der Waals surface area contributed by atoms with Crippen LogP contribution < -0.4 is 11.5 Å². The first-order valence-corrected chi connectivity index (χ1v) is 7.02. The number of phenols is 1. The van der Waals surface area contributed by atoms with E-state index in [9.17, 15) is 9.59 Å². The van der Waals surface area contributed by atoms with E-state index in [-0.39, 0.29) is 18.6 Å². The highest BCUT2D eigenvalue weighted by molar-refractivity contribution is 5.73. The fourth-order valence-electron chi connectivity index (χ4n) is 1.69. The van der Waals surface area contributed by atoms with Crippen LogP contribution in [0.1, 0.15) is 11.3 Å². The lowest BCUT2D eigenvalue weighted by Crippen LogP contribution is -2.32. The van der Waals surface area contributed by atoms with Crippen molar-refractivity contribution in [2.45, 2.75) is 24.9 Å². The minimum absolute atomic E-state index is 0.160. The molecule has 130 valence electrons. The number of nitrogens with one attached hydrogen (secondary N) is 1. The summed E-state index contributed by atoms with van der Waals surface area (Å²) in [6.07, 6.45) is 3.65. The molecule has 0 spiro atoms. The van der Waals surface area contributed by atoms with E-state index in [1.165, 1.54) is 18.5 Å². The van der Waals surface area contributed by atoms with Gasteiger partial charge in [-0.15, -0.1) is 0 Å². The van der Waals surface area contributed by atoms with Crippen molar-refractivity contribution in [1.29, 1.82) is 0 Å². The number of hydrogen-bond donors (Lipinski definition) is 6. The molecular weight excluding hydrogens is 316 g/mol. The number of carboxylic acids is 2. The van der Waals surface area contributed by atoms with Gasteiger partial charge in [-0.25, -0.2) is 4.98 Å². The zero-order chi connectivity index (χ0) is 18.1. The Bertz CT molecular complexity index is 642. The van der Waals surface area contributed by atoms with Crippen molar-refractivity contribution in [3.8, 4) is 5.75 Å². The van der Waals surface area contributed by atoms with Crippen LogP contribution in [0.5, 0.6) is 5.75 Å². The van der Waals surface area contributed by atoms with E-state index >= 15 is 0 Å². The molecule has 0 saturated heterocycles. The zero-order valence-corrected chi connectivity index (χ0v) is 12.8. The van der Waals surface area contributed by atoms with Gasteiger partial charge < -0.3 is 31.8 Å². The van der Waals surface area contributed by atoms with Crippen molar-refractivity contribution >= 4 is 11.9 Å². The predicted octanol–water partition coefficient (Wildman–Crippen LogP) is -0.289. The number of aromatic amines is 1. The summed E-state index contributed by atoms with van der Waals surface area (Å²) in [5.41, 5.74) is 12.0. The van der Waals surface area contributed by atoms with Gasteiger partial charge in [0.25, 0.3) is 0 Å². The number of carbonyl (C=O) groups is 2. The molecule has 9 nitrogen and oxygen atoms in total. The van der Waals surface area contributed by atoms with Gasteiger partial charge in [0, 0.05) is 12.6 Å². The quantitative estimate of drug-likeness (QED) is 0.417. The molecule has 2 aromatic rings. The summed E-state index contributed by atoms with van der Waals surface area (Å²) in [7, 11) is 0. The van der Waals surface area contributed by atoms with Gasteiger partial charge in [0.15, 0.2) is 0 Å². The molecule has 8 N–H and O–H groups in total. The Balaban J connectivity index is 0.000000243. The summed E-state index contributed by atoms with van der Waals surface area (Å²) in [6.45, 7) is 0. The van der Waals surface area contributed by atoms with Crippen molar-refractivity contribution < 1.29 is 24.9 Å². The average Bonchev–Trinajstić information content (AvgIpc) is 3.03. The molecule has 1 heterocycles. The first-order valence-electron chi connectivity index (χ1n) is 7.02. The highest BCUT2D eigenvalue weighted by Gasteiger charge is 2.12. The molecular formula is C15H20N4O5. The second-order valence-corrected chi connectivity index (χ2v) is 5.02. The van der Waals surface area contributed by atoms with E-state index in [1.54, 1.807) is 18.3 Å². The lowest BCUT2D eigenvalue weighted by molar-refractivity contribution is -0.139. The van der Waals surface area contributed by atoms with Gasteiger partial charge in [-0.3, -0.25) is 9.59 Å². The molecule has 0 bridgehead atoms. The van der Waals surface area contributed by atoms with Crippen molar-refractivity contribution in [2.24, 2.45) is 11.5 Å². The van der Waals surface area contributed by atoms with Crippen LogP contribution in [0.15, 0.2) is 36.8 Å². The molecule has 9 heteroatoms. The number of nitrogens with two attached hydrogens (primary N) is 2. The van der Waals surface area contributed by atoms with Crippen molar-refractivity contribution in [3.63, 3.8) is 0 Å². The van der Waals surface area contributed by atoms with Gasteiger partial charge in [0.2, 0.25) is 0 Å². The second-order valence-electron chi connectivity index (χ2n) is 5.02. The number of phenolic OH excluding ortho intramolecular Hbond substituents is 1. The molecule has 1 aromatic carbocycles. The minimum Gasteiger partial charge on any atom is -0.508 e. The van der Waals surface area contributed by atoms with Gasteiger partial charge in [-0.2, -0.15) is 0 Å². The largest absolute Gasteiger partial charge is 0.508 e. The van der Waals surface area contributed by atoms with Crippen molar-refractivity contribution in [1.82, 2.24) is 9.97 Å². The zero-order valence-electron chi connectivity index (χ0n) is 12.8. The number of hydrogen-bond acceptors (Lipinski definition) is 6. The molecule has 2 atom stereocenters. The Morgan fingerprint density at radius 2 is 1.58 bits per heavy atom. The third-order valence-corrected chi connectivity index (χ3v) is 3.01. The summed E-state index contributed by atoms with van der Waals surface area (Å²) in [4.78, 5) is 27.2. The number of aromatic hydroxyl groups is 1. The van der Waals surface area contributed by atoms with Gasteiger partial charge in [0.05, 0.1) is 12.0 Å². The molecule has 0 aliphatic carbocycles. The lowest BCUT2D eigenvalue weighted by atomic mass is 10.1. The maximum absolute atomic E-state index is 10.4. The maximum Gasteiger partial charge on any atom is 0.320 e. The van der Waals surface area contributed by atoms with Crippen molar-refractivity contribution in [2.75, 3.05) is 0 Å².